The molecule has 0 aliphatic rings. The van der Waals surface area contributed by atoms with E-state index < -0.39 is 35.7 Å². The Morgan fingerprint density at radius 1 is 1.19 bits per heavy atom. The van der Waals surface area contributed by atoms with Gasteiger partial charge in [0.05, 0.1) is 16.8 Å². The molecule has 2 aromatic heterocycles. The molecular formula is C21H14F2N2O5S. The number of carbonyl (C=O) groups excluding carboxylic acids is 2. The maximum absolute atomic E-state index is 14.5. The zero-order valence-corrected chi connectivity index (χ0v) is 16.9. The van der Waals surface area contributed by atoms with E-state index in [1.807, 2.05) is 0 Å². The Kier molecular flexibility index (Phi) is 5.47. The van der Waals surface area contributed by atoms with E-state index in [-0.39, 0.29) is 27.2 Å². The third kappa shape index (κ3) is 4.02. The van der Waals surface area contributed by atoms with E-state index >= 15 is 0 Å². The first-order chi connectivity index (χ1) is 14.9. The lowest BCUT2D eigenvalue weighted by molar-refractivity contribution is -0.143. The van der Waals surface area contributed by atoms with E-state index in [2.05, 4.69) is 4.99 Å². The molecule has 0 aliphatic heterocycles. The number of para-hydroxylation sites is 1. The number of hydrogen-bond donors (Lipinski definition) is 0. The molecule has 0 spiro atoms. The predicted octanol–water partition coefficient (Wildman–Crippen LogP) is 3.39. The average Bonchev–Trinajstić information content (AvgIpc) is 3.04. The molecule has 158 valence electrons. The topological polar surface area (TPSA) is 90.9 Å². The van der Waals surface area contributed by atoms with Crippen LogP contribution in [0, 0.1) is 11.6 Å². The molecule has 1 amide bonds. The summed E-state index contributed by atoms with van der Waals surface area (Å²) in [6, 6.07) is 9.71. The molecule has 0 unspecified atom stereocenters. The highest BCUT2D eigenvalue weighted by Crippen LogP contribution is 2.22. The van der Waals surface area contributed by atoms with Crippen molar-refractivity contribution in [1.82, 2.24) is 4.57 Å². The van der Waals surface area contributed by atoms with Crippen molar-refractivity contribution in [1.29, 1.82) is 0 Å². The monoisotopic (exact) mass is 444 g/mol. The van der Waals surface area contributed by atoms with Crippen LogP contribution in [0.3, 0.4) is 0 Å². The second-order valence-corrected chi connectivity index (χ2v) is 7.42. The zero-order valence-electron chi connectivity index (χ0n) is 16.1. The van der Waals surface area contributed by atoms with Crippen molar-refractivity contribution in [2.45, 2.75) is 13.5 Å². The Balaban J connectivity index is 1.89. The van der Waals surface area contributed by atoms with Crippen LogP contribution in [-0.4, -0.2) is 23.1 Å². The van der Waals surface area contributed by atoms with E-state index in [0.29, 0.717) is 17.0 Å². The highest BCUT2D eigenvalue weighted by Gasteiger charge is 2.18. The summed E-state index contributed by atoms with van der Waals surface area (Å²) in [7, 11) is 0. The van der Waals surface area contributed by atoms with Crippen molar-refractivity contribution in [3.8, 4) is 0 Å². The van der Waals surface area contributed by atoms with Crippen LogP contribution in [0.15, 0.2) is 56.7 Å². The summed E-state index contributed by atoms with van der Waals surface area (Å²) in [6.07, 6.45) is 0. The minimum Gasteiger partial charge on any atom is -0.465 e. The Bertz CT molecular complexity index is 1470. The Morgan fingerprint density at radius 2 is 1.97 bits per heavy atom. The smallest absolute Gasteiger partial charge is 0.349 e. The van der Waals surface area contributed by atoms with Crippen molar-refractivity contribution in [2.75, 3.05) is 6.61 Å². The number of esters is 1. The molecule has 0 saturated carbocycles. The van der Waals surface area contributed by atoms with Gasteiger partial charge in [0.2, 0.25) is 0 Å². The third-order valence-corrected chi connectivity index (χ3v) is 5.38. The largest absolute Gasteiger partial charge is 0.465 e. The number of nitrogens with zero attached hydrogens (tertiary/aromatic N) is 2. The van der Waals surface area contributed by atoms with Crippen LogP contribution in [0.5, 0.6) is 0 Å². The van der Waals surface area contributed by atoms with Gasteiger partial charge in [0.1, 0.15) is 23.5 Å². The lowest BCUT2D eigenvalue weighted by Crippen LogP contribution is -2.24. The minimum atomic E-state index is -0.940. The van der Waals surface area contributed by atoms with Gasteiger partial charge in [-0.25, -0.2) is 13.6 Å². The highest BCUT2D eigenvalue weighted by atomic mass is 32.1. The van der Waals surface area contributed by atoms with Crippen LogP contribution >= 0.6 is 11.3 Å². The minimum absolute atomic E-state index is 0.0925. The maximum Gasteiger partial charge on any atom is 0.349 e. The molecule has 0 fully saturated rings. The van der Waals surface area contributed by atoms with Crippen LogP contribution in [0.2, 0.25) is 0 Å². The number of hydrogen-bond acceptors (Lipinski definition) is 6. The molecule has 4 rings (SSSR count). The molecule has 4 aromatic rings. The first-order valence-corrected chi connectivity index (χ1v) is 9.95. The van der Waals surface area contributed by atoms with E-state index in [9.17, 15) is 23.2 Å². The van der Waals surface area contributed by atoms with Crippen molar-refractivity contribution in [3.05, 3.63) is 74.9 Å². The SMILES string of the molecule is CCOC(=O)Cn1c(=NC(=O)c2cc3ccccc3oc2=O)sc2cc(F)cc(F)c21. The van der Waals surface area contributed by atoms with Gasteiger partial charge in [-0.2, -0.15) is 4.99 Å². The van der Waals surface area contributed by atoms with Crippen LogP contribution in [0.25, 0.3) is 21.2 Å². The van der Waals surface area contributed by atoms with E-state index in [1.165, 1.54) is 6.07 Å². The summed E-state index contributed by atoms with van der Waals surface area (Å²) < 4.78 is 39.4. The van der Waals surface area contributed by atoms with Crippen LogP contribution < -0.4 is 10.4 Å². The van der Waals surface area contributed by atoms with Gasteiger partial charge in [0.25, 0.3) is 5.91 Å². The number of carbonyl (C=O) groups is 2. The number of amides is 1. The third-order valence-electron chi connectivity index (χ3n) is 4.36. The first kappa shape index (κ1) is 20.6. The normalized spacial score (nSPS) is 11.9. The Hall–Kier alpha value is -3.66. The number of thiazole rings is 1. The fourth-order valence-electron chi connectivity index (χ4n) is 3.05. The second kappa shape index (κ2) is 8.23. The molecular weight excluding hydrogens is 430 g/mol. The number of halogens is 2. The predicted molar refractivity (Wildman–Crippen MR) is 109 cm³/mol. The fraction of sp³-hybridized carbons (Fsp3) is 0.143. The Labute approximate surface area is 176 Å². The maximum atomic E-state index is 14.5. The summed E-state index contributed by atoms with van der Waals surface area (Å²) in [4.78, 5) is 40.8. The highest BCUT2D eigenvalue weighted by molar-refractivity contribution is 7.16. The zero-order chi connectivity index (χ0) is 22.1. The van der Waals surface area contributed by atoms with Crippen LogP contribution in [0.1, 0.15) is 17.3 Å². The summed E-state index contributed by atoms with van der Waals surface area (Å²) in [6.45, 7) is 1.26. The molecule has 0 atom stereocenters. The van der Waals surface area contributed by atoms with Gasteiger partial charge in [-0.3, -0.25) is 9.59 Å². The van der Waals surface area contributed by atoms with Crippen molar-refractivity contribution in [3.63, 3.8) is 0 Å². The molecule has 31 heavy (non-hydrogen) atoms. The molecule has 10 heteroatoms. The van der Waals surface area contributed by atoms with Gasteiger partial charge in [-0.1, -0.05) is 29.5 Å². The van der Waals surface area contributed by atoms with Gasteiger partial charge in [-0.15, -0.1) is 0 Å². The summed E-state index contributed by atoms with van der Waals surface area (Å²) in [5, 5.41) is 0.518. The van der Waals surface area contributed by atoms with E-state index in [0.717, 1.165) is 22.0 Å². The van der Waals surface area contributed by atoms with Crippen molar-refractivity contribution >= 4 is 44.4 Å². The standard InChI is InChI=1S/C21H14F2N2O5S/c1-2-29-17(26)10-25-18-14(23)8-12(22)9-16(18)31-21(25)24-19(27)13-7-11-5-3-4-6-15(11)30-20(13)28/h3-9H,2,10H2,1H3. The summed E-state index contributed by atoms with van der Waals surface area (Å²) >= 11 is 0.800. The molecule has 7 nitrogen and oxygen atoms in total. The number of rotatable bonds is 4. The number of aromatic nitrogens is 1. The molecule has 0 radical (unpaired) electrons. The second-order valence-electron chi connectivity index (χ2n) is 6.41. The lowest BCUT2D eigenvalue weighted by atomic mass is 10.2. The van der Waals surface area contributed by atoms with E-state index in [1.54, 1.807) is 31.2 Å². The van der Waals surface area contributed by atoms with Gasteiger partial charge < -0.3 is 13.7 Å². The van der Waals surface area contributed by atoms with E-state index in [4.69, 9.17) is 9.15 Å². The quantitative estimate of drug-likeness (QED) is 0.356. The average molecular weight is 444 g/mol. The van der Waals surface area contributed by atoms with Crippen molar-refractivity contribution < 1.29 is 27.5 Å². The number of benzene rings is 2. The molecule has 0 saturated heterocycles. The van der Waals surface area contributed by atoms with Gasteiger partial charge in [-0.05, 0) is 25.1 Å². The van der Waals surface area contributed by atoms with Crippen LogP contribution in [-0.2, 0) is 16.1 Å². The summed E-state index contributed by atoms with van der Waals surface area (Å²) in [5.74, 6) is -3.37. The van der Waals surface area contributed by atoms with Gasteiger partial charge in [0.15, 0.2) is 10.6 Å². The van der Waals surface area contributed by atoms with Crippen LogP contribution in [0.4, 0.5) is 8.78 Å². The molecule has 0 N–H and O–H groups in total. The Morgan fingerprint density at radius 3 is 2.74 bits per heavy atom. The first-order valence-electron chi connectivity index (χ1n) is 9.13. The molecule has 0 aliphatic carbocycles. The molecule has 2 aromatic carbocycles. The number of ether oxygens (including phenoxy) is 1. The molecule has 2 heterocycles. The van der Waals surface area contributed by atoms with Gasteiger partial charge >= 0.3 is 11.6 Å². The molecule has 0 bridgehead atoms. The van der Waals surface area contributed by atoms with Crippen molar-refractivity contribution in [2.24, 2.45) is 4.99 Å². The summed E-state index contributed by atoms with van der Waals surface area (Å²) in [5.41, 5.74) is -1.01. The van der Waals surface area contributed by atoms with Gasteiger partial charge in [0, 0.05) is 11.5 Å². The number of fused-ring (bicyclic) bond motifs is 2. The fourth-order valence-corrected chi connectivity index (χ4v) is 4.12. The lowest BCUT2D eigenvalue weighted by Gasteiger charge is -2.05.